The van der Waals surface area contributed by atoms with E-state index in [1.165, 1.54) is 34.1 Å². The Hall–Kier alpha value is -2.74. The summed E-state index contributed by atoms with van der Waals surface area (Å²) in [5.41, 5.74) is 2.77. The molecule has 0 saturated heterocycles. The molecule has 6 nitrogen and oxygen atoms in total. The van der Waals surface area contributed by atoms with Crippen LogP contribution >= 0.6 is 11.8 Å². The number of aromatic nitrogens is 4. The van der Waals surface area contributed by atoms with Gasteiger partial charge >= 0.3 is 0 Å². The summed E-state index contributed by atoms with van der Waals surface area (Å²) in [6.45, 7) is 2.56. The molecule has 0 fully saturated rings. The molecule has 1 aromatic heterocycles. The Balaban J connectivity index is 1.61. The number of thioether (sulfide) groups is 1. The van der Waals surface area contributed by atoms with Gasteiger partial charge in [-0.15, -0.1) is 5.10 Å². The van der Waals surface area contributed by atoms with Crippen LogP contribution in [0.25, 0.3) is 5.69 Å². The van der Waals surface area contributed by atoms with E-state index in [4.69, 9.17) is 0 Å². The molecule has 8 heteroatoms. The lowest BCUT2D eigenvalue weighted by Gasteiger charge is -2.17. The van der Waals surface area contributed by atoms with Crippen molar-refractivity contribution in [1.82, 2.24) is 25.1 Å². The van der Waals surface area contributed by atoms with Crippen molar-refractivity contribution >= 4 is 17.7 Å². The third kappa shape index (κ3) is 4.45. The predicted molar refractivity (Wildman–Crippen MR) is 97.5 cm³/mol. The second kappa shape index (κ2) is 8.09. The van der Waals surface area contributed by atoms with E-state index >= 15 is 0 Å². The van der Waals surface area contributed by atoms with Crippen LogP contribution in [0.2, 0.25) is 0 Å². The monoisotopic (exact) mass is 371 g/mol. The number of benzene rings is 2. The molecule has 0 N–H and O–H groups in total. The van der Waals surface area contributed by atoms with E-state index < -0.39 is 0 Å². The van der Waals surface area contributed by atoms with Gasteiger partial charge in [-0.3, -0.25) is 4.79 Å². The second-order valence-electron chi connectivity index (χ2n) is 5.88. The average Bonchev–Trinajstić information content (AvgIpc) is 3.10. The van der Waals surface area contributed by atoms with Crippen LogP contribution < -0.4 is 0 Å². The molecule has 26 heavy (non-hydrogen) atoms. The fourth-order valence-corrected chi connectivity index (χ4v) is 3.16. The van der Waals surface area contributed by atoms with E-state index in [1.807, 2.05) is 31.2 Å². The Morgan fingerprint density at radius 3 is 2.73 bits per heavy atom. The van der Waals surface area contributed by atoms with E-state index in [9.17, 15) is 9.18 Å². The van der Waals surface area contributed by atoms with E-state index in [0.717, 1.165) is 5.56 Å². The lowest BCUT2D eigenvalue weighted by Crippen LogP contribution is -2.27. The second-order valence-corrected chi connectivity index (χ2v) is 6.82. The Morgan fingerprint density at radius 2 is 2.00 bits per heavy atom. The van der Waals surface area contributed by atoms with Gasteiger partial charge in [-0.1, -0.05) is 47.7 Å². The van der Waals surface area contributed by atoms with Gasteiger partial charge in [0.1, 0.15) is 5.82 Å². The predicted octanol–water partition coefficient (Wildman–Crippen LogP) is 2.86. The van der Waals surface area contributed by atoms with Gasteiger partial charge in [0.2, 0.25) is 11.1 Å². The number of carbonyl (C=O) groups is 1. The zero-order valence-corrected chi connectivity index (χ0v) is 15.3. The van der Waals surface area contributed by atoms with E-state index in [1.54, 1.807) is 24.1 Å². The number of nitrogens with zero attached hydrogens (tertiary/aromatic N) is 5. The first-order valence-electron chi connectivity index (χ1n) is 7.99. The summed E-state index contributed by atoms with van der Waals surface area (Å²) in [6.07, 6.45) is 0. The zero-order chi connectivity index (χ0) is 18.5. The molecule has 1 heterocycles. The summed E-state index contributed by atoms with van der Waals surface area (Å²) < 4.78 is 14.8. The summed E-state index contributed by atoms with van der Waals surface area (Å²) in [5.74, 6) is -0.217. The summed E-state index contributed by atoms with van der Waals surface area (Å²) in [4.78, 5) is 14.0. The van der Waals surface area contributed by atoms with Crippen LogP contribution in [0.4, 0.5) is 4.39 Å². The highest BCUT2D eigenvalue weighted by molar-refractivity contribution is 7.99. The minimum atomic E-state index is -0.372. The Bertz CT molecular complexity index is 897. The van der Waals surface area contributed by atoms with E-state index in [-0.39, 0.29) is 17.5 Å². The van der Waals surface area contributed by atoms with Crippen LogP contribution in [-0.4, -0.2) is 43.8 Å². The lowest BCUT2D eigenvalue weighted by atomic mass is 10.1. The van der Waals surface area contributed by atoms with Crippen molar-refractivity contribution < 1.29 is 9.18 Å². The van der Waals surface area contributed by atoms with Gasteiger partial charge in [0.05, 0.1) is 11.4 Å². The molecule has 0 saturated carbocycles. The topological polar surface area (TPSA) is 63.9 Å². The summed E-state index contributed by atoms with van der Waals surface area (Å²) >= 11 is 1.22. The Morgan fingerprint density at radius 1 is 1.23 bits per heavy atom. The molecule has 3 aromatic rings. The van der Waals surface area contributed by atoms with Gasteiger partial charge < -0.3 is 4.90 Å². The van der Waals surface area contributed by atoms with Gasteiger partial charge in [-0.2, -0.15) is 4.68 Å². The molecule has 0 unspecified atom stereocenters. The van der Waals surface area contributed by atoms with Crippen LogP contribution in [0.15, 0.2) is 53.7 Å². The number of carbonyl (C=O) groups excluding carboxylic acids is 1. The SMILES string of the molecule is Cc1ccc(CN(C)C(=O)CSc2nnnn2-c2cccc(F)c2)cc1. The molecule has 0 aliphatic rings. The van der Waals surface area contributed by atoms with Gasteiger partial charge in [0.25, 0.3) is 0 Å². The zero-order valence-electron chi connectivity index (χ0n) is 14.5. The minimum Gasteiger partial charge on any atom is -0.341 e. The van der Waals surface area contributed by atoms with Crippen molar-refractivity contribution in [2.45, 2.75) is 18.6 Å². The highest BCUT2D eigenvalue weighted by Crippen LogP contribution is 2.19. The number of rotatable bonds is 6. The lowest BCUT2D eigenvalue weighted by molar-refractivity contribution is -0.127. The highest BCUT2D eigenvalue weighted by atomic mass is 32.2. The number of hydrogen-bond donors (Lipinski definition) is 0. The van der Waals surface area contributed by atoms with Crippen molar-refractivity contribution in [3.63, 3.8) is 0 Å². The Labute approximate surface area is 155 Å². The van der Waals surface area contributed by atoms with Crippen LogP contribution in [0, 0.1) is 12.7 Å². The maximum atomic E-state index is 13.4. The number of hydrogen-bond acceptors (Lipinski definition) is 5. The third-order valence-corrected chi connectivity index (χ3v) is 4.69. The van der Waals surface area contributed by atoms with Crippen molar-refractivity contribution in [2.75, 3.05) is 12.8 Å². The molecule has 0 radical (unpaired) electrons. The number of tetrazole rings is 1. The number of halogens is 1. The van der Waals surface area contributed by atoms with Crippen molar-refractivity contribution in [1.29, 1.82) is 0 Å². The molecule has 134 valence electrons. The molecule has 0 aliphatic heterocycles. The van der Waals surface area contributed by atoms with Crippen LogP contribution in [-0.2, 0) is 11.3 Å². The molecule has 0 spiro atoms. The van der Waals surface area contributed by atoms with Crippen LogP contribution in [0.1, 0.15) is 11.1 Å². The quantitative estimate of drug-likeness (QED) is 0.624. The third-order valence-electron chi connectivity index (χ3n) is 3.78. The fourth-order valence-electron chi connectivity index (χ4n) is 2.33. The molecular formula is C18H18FN5OS. The summed E-state index contributed by atoms with van der Waals surface area (Å²) in [5, 5.41) is 11.8. The van der Waals surface area contributed by atoms with Gasteiger partial charge in [0.15, 0.2) is 0 Å². The van der Waals surface area contributed by atoms with Crippen molar-refractivity contribution in [3.05, 3.63) is 65.5 Å². The van der Waals surface area contributed by atoms with Crippen LogP contribution in [0.3, 0.4) is 0 Å². The maximum absolute atomic E-state index is 13.4. The standard InChI is InChI=1S/C18H18FN5OS/c1-13-6-8-14(9-7-13)11-23(2)17(25)12-26-18-20-21-22-24(18)16-5-3-4-15(19)10-16/h3-10H,11-12H2,1-2H3. The van der Waals surface area contributed by atoms with E-state index in [0.29, 0.717) is 17.4 Å². The van der Waals surface area contributed by atoms with Gasteiger partial charge in [-0.05, 0) is 41.1 Å². The average molecular weight is 371 g/mol. The Kier molecular flexibility index (Phi) is 5.62. The summed E-state index contributed by atoms with van der Waals surface area (Å²) in [7, 11) is 1.76. The molecular weight excluding hydrogens is 353 g/mol. The first kappa shape index (κ1) is 18.1. The smallest absolute Gasteiger partial charge is 0.233 e. The maximum Gasteiger partial charge on any atom is 0.233 e. The normalized spacial score (nSPS) is 10.7. The number of aryl methyl sites for hydroxylation is 1. The fraction of sp³-hybridized carbons (Fsp3) is 0.222. The largest absolute Gasteiger partial charge is 0.341 e. The molecule has 2 aromatic carbocycles. The van der Waals surface area contributed by atoms with Gasteiger partial charge in [0, 0.05) is 13.6 Å². The molecule has 0 atom stereocenters. The first-order valence-corrected chi connectivity index (χ1v) is 8.98. The molecule has 3 rings (SSSR count). The van der Waals surface area contributed by atoms with Gasteiger partial charge in [-0.25, -0.2) is 4.39 Å². The number of amides is 1. The highest BCUT2D eigenvalue weighted by Gasteiger charge is 2.14. The first-order chi connectivity index (χ1) is 12.5. The molecule has 0 aliphatic carbocycles. The minimum absolute atomic E-state index is 0.0376. The van der Waals surface area contributed by atoms with Crippen LogP contribution in [0.5, 0.6) is 0 Å². The van der Waals surface area contributed by atoms with Crippen molar-refractivity contribution in [3.8, 4) is 5.69 Å². The van der Waals surface area contributed by atoms with Crippen molar-refractivity contribution in [2.24, 2.45) is 0 Å². The molecule has 0 bridgehead atoms. The molecule has 1 amide bonds. The van der Waals surface area contributed by atoms with E-state index in [2.05, 4.69) is 15.5 Å². The summed E-state index contributed by atoms with van der Waals surface area (Å²) in [6, 6.07) is 14.0.